The van der Waals surface area contributed by atoms with E-state index in [0.717, 1.165) is 12.3 Å². The van der Waals surface area contributed by atoms with Crippen molar-refractivity contribution in [1.82, 2.24) is 14.9 Å². The van der Waals surface area contributed by atoms with Crippen LogP contribution in [0.2, 0.25) is 0 Å². The summed E-state index contributed by atoms with van der Waals surface area (Å²) in [5, 5.41) is 0. The fourth-order valence-electron chi connectivity index (χ4n) is 2.89. The van der Waals surface area contributed by atoms with Crippen molar-refractivity contribution in [2.75, 3.05) is 31.1 Å². The molecule has 1 unspecified atom stereocenters. The third-order valence-corrected chi connectivity index (χ3v) is 4.21. The maximum absolute atomic E-state index is 12.8. The lowest BCUT2D eigenvalue weighted by molar-refractivity contribution is -0.141. The number of alkyl halides is 3. The smallest absolute Gasteiger partial charge is 0.433 e. The van der Waals surface area contributed by atoms with Crippen LogP contribution < -0.4 is 4.90 Å². The zero-order chi connectivity index (χ0) is 16.0. The van der Waals surface area contributed by atoms with E-state index in [0.29, 0.717) is 26.1 Å². The largest absolute Gasteiger partial charge is 0.447 e. The SMILES string of the molecule is CCC12COC(=O)N1CCN(c1nccc(C(F)(F)F)n1)C2. The summed E-state index contributed by atoms with van der Waals surface area (Å²) in [5.74, 6) is 0.0293. The Kier molecular flexibility index (Phi) is 3.37. The molecule has 120 valence electrons. The van der Waals surface area contributed by atoms with Crippen LogP contribution in [-0.2, 0) is 10.9 Å². The highest BCUT2D eigenvalue weighted by Gasteiger charge is 2.50. The molecule has 0 saturated carbocycles. The van der Waals surface area contributed by atoms with Crippen molar-refractivity contribution in [2.24, 2.45) is 0 Å². The van der Waals surface area contributed by atoms with Crippen molar-refractivity contribution in [3.8, 4) is 0 Å². The molecule has 1 amide bonds. The Hall–Kier alpha value is -2.06. The lowest BCUT2D eigenvalue weighted by Gasteiger charge is -2.44. The van der Waals surface area contributed by atoms with Gasteiger partial charge in [-0.05, 0) is 12.5 Å². The number of cyclic esters (lactones) is 1. The zero-order valence-electron chi connectivity index (χ0n) is 11.9. The fourth-order valence-corrected chi connectivity index (χ4v) is 2.89. The van der Waals surface area contributed by atoms with E-state index in [9.17, 15) is 18.0 Å². The summed E-state index contributed by atoms with van der Waals surface area (Å²) in [7, 11) is 0. The van der Waals surface area contributed by atoms with Crippen LogP contribution >= 0.6 is 0 Å². The highest BCUT2D eigenvalue weighted by Crippen LogP contribution is 2.33. The normalized spacial score (nSPS) is 25.2. The van der Waals surface area contributed by atoms with E-state index in [1.165, 1.54) is 0 Å². The second-order valence-corrected chi connectivity index (χ2v) is 5.45. The minimum atomic E-state index is -4.51. The van der Waals surface area contributed by atoms with Gasteiger partial charge >= 0.3 is 12.3 Å². The summed E-state index contributed by atoms with van der Waals surface area (Å²) in [4.78, 5) is 22.6. The maximum Gasteiger partial charge on any atom is 0.433 e. The first-order valence-corrected chi connectivity index (χ1v) is 6.95. The second kappa shape index (κ2) is 4.99. The molecule has 2 aliphatic rings. The third kappa shape index (κ3) is 2.34. The molecule has 2 aliphatic heterocycles. The Morgan fingerprint density at radius 1 is 1.41 bits per heavy atom. The van der Waals surface area contributed by atoms with Crippen LogP contribution in [0.25, 0.3) is 0 Å². The minimum Gasteiger partial charge on any atom is -0.447 e. The number of carbonyl (C=O) groups is 1. The van der Waals surface area contributed by atoms with E-state index in [4.69, 9.17) is 4.74 Å². The average molecular weight is 316 g/mol. The van der Waals surface area contributed by atoms with Crippen LogP contribution in [0.3, 0.4) is 0 Å². The fraction of sp³-hybridized carbons (Fsp3) is 0.615. The number of aromatic nitrogens is 2. The number of fused-ring (bicyclic) bond motifs is 1. The molecule has 1 atom stereocenters. The van der Waals surface area contributed by atoms with E-state index in [-0.39, 0.29) is 18.6 Å². The number of nitrogens with zero attached hydrogens (tertiary/aromatic N) is 4. The van der Waals surface area contributed by atoms with Crippen LogP contribution in [0.15, 0.2) is 12.3 Å². The van der Waals surface area contributed by atoms with Crippen molar-refractivity contribution < 1.29 is 22.7 Å². The molecule has 0 aromatic carbocycles. The summed E-state index contributed by atoms with van der Waals surface area (Å²) >= 11 is 0. The van der Waals surface area contributed by atoms with Gasteiger partial charge in [-0.25, -0.2) is 14.8 Å². The average Bonchev–Trinajstić information content (AvgIpc) is 2.84. The number of carbonyl (C=O) groups excluding carboxylic acids is 1. The number of ether oxygens (including phenoxy) is 1. The summed E-state index contributed by atoms with van der Waals surface area (Å²) in [5.41, 5.74) is -1.49. The maximum atomic E-state index is 12.8. The second-order valence-electron chi connectivity index (χ2n) is 5.45. The number of anilines is 1. The van der Waals surface area contributed by atoms with Crippen molar-refractivity contribution in [3.63, 3.8) is 0 Å². The molecule has 0 aliphatic carbocycles. The highest BCUT2D eigenvalue weighted by atomic mass is 19.4. The number of hydrogen-bond donors (Lipinski definition) is 0. The third-order valence-electron chi connectivity index (χ3n) is 4.21. The standard InChI is InChI=1S/C13H15F3N4O2/c1-2-12-7-19(5-6-20(12)11(21)22-8-12)10-17-4-3-9(18-10)13(14,15)16/h3-4H,2,5-8H2,1H3. The Balaban J connectivity index is 1.87. The summed E-state index contributed by atoms with van der Waals surface area (Å²) < 4.78 is 43.4. The summed E-state index contributed by atoms with van der Waals surface area (Å²) in [6, 6.07) is 0.845. The molecule has 0 spiro atoms. The van der Waals surface area contributed by atoms with Crippen LogP contribution in [-0.4, -0.2) is 52.7 Å². The Morgan fingerprint density at radius 3 is 2.86 bits per heavy atom. The topological polar surface area (TPSA) is 58.6 Å². The quantitative estimate of drug-likeness (QED) is 0.834. The molecule has 0 radical (unpaired) electrons. The van der Waals surface area contributed by atoms with Gasteiger partial charge in [0, 0.05) is 25.8 Å². The molecule has 2 fully saturated rings. The first-order chi connectivity index (χ1) is 10.4. The monoisotopic (exact) mass is 316 g/mol. The van der Waals surface area contributed by atoms with E-state index < -0.39 is 17.4 Å². The Morgan fingerprint density at radius 2 is 2.18 bits per heavy atom. The van der Waals surface area contributed by atoms with Gasteiger partial charge in [0.1, 0.15) is 12.3 Å². The molecular formula is C13H15F3N4O2. The van der Waals surface area contributed by atoms with Gasteiger partial charge in [0.2, 0.25) is 5.95 Å². The van der Waals surface area contributed by atoms with Gasteiger partial charge in [-0.15, -0.1) is 0 Å². The molecule has 2 saturated heterocycles. The van der Waals surface area contributed by atoms with E-state index >= 15 is 0 Å². The predicted molar refractivity (Wildman–Crippen MR) is 70.3 cm³/mol. The molecule has 0 N–H and O–H groups in total. The molecule has 22 heavy (non-hydrogen) atoms. The molecule has 6 nitrogen and oxygen atoms in total. The van der Waals surface area contributed by atoms with Crippen molar-refractivity contribution >= 4 is 12.0 Å². The number of piperazine rings is 1. The predicted octanol–water partition coefficient (Wildman–Crippen LogP) is 1.92. The lowest BCUT2D eigenvalue weighted by atomic mass is 9.93. The van der Waals surface area contributed by atoms with Gasteiger partial charge < -0.3 is 9.64 Å². The van der Waals surface area contributed by atoms with Crippen LogP contribution in [0.4, 0.5) is 23.9 Å². The number of amides is 1. The number of rotatable bonds is 2. The minimum absolute atomic E-state index is 0.0293. The van der Waals surface area contributed by atoms with E-state index in [1.807, 2.05) is 6.92 Å². The van der Waals surface area contributed by atoms with Gasteiger partial charge in [0.15, 0.2) is 0 Å². The molecule has 1 aromatic rings. The molecule has 3 rings (SSSR count). The van der Waals surface area contributed by atoms with Crippen molar-refractivity contribution in [3.05, 3.63) is 18.0 Å². The van der Waals surface area contributed by atoms with Gasteiger partial charge in [-0.3, -0.25) is 4.90 Å². The van der Waals surface area contributed by atoms with E-state index in [2.05, 4.69) is 9.97 Å². The van der Waals surface area contributed by atoms with Crippen molar-refractivity contribution in [2.45, 2.75) is 25.1 Å². The number of hydrogen-bond acceptors (Lipinski definition) is 5. The summed E-state index contributed by atoms with van der Waals surface area (Å²) in [6.07, 6.45) is -3.12. The van der Waals surface area contributed by atoms with Crippen molar-refractivity contribution in [1.29, 1.82) is 0 Å². The Labute approximate surface area is 124 Å². The summed E-state index contributed by atoms with van der Waals surface area (Å²) in [6.45, 7) is 3.27. The van der Waals surface area contributed by atoms with E-state index in [1.54, 1.807) is 9.80 Å². The first kappa shape index (κ1) is 14.9. The number of halogens is 3. The zero-order valence-corrected chi connectivity index (χ0v) is 11.9. The molecule has 9 heteroatoms. The van der Waals surface area contributed by atoms with Gasteiger partial charge in [0.25, 0.3) is 0 Å². The Bertz CT molecular complexity index is 595. The first-order valence-electron chi connectivity index (χ1n) is 6.95. The molecular weight excluding hydrogens is 301 g/mol. The van der Waals surface area contributed by atoms with Gasteiger partial charge in [-0.1, -0.05) is 6.92 Å². The molecule has 1 aromatic heterocycles. The van der Waals surface area contributed by atoms with Gasteiger partial charge in [-0.2, -0.15) is 13.2 Å². The van der Waals surface area contributed by atoms with Gasteiger partial charge in [0.05, 0.1) is 5.54 Å². The lowest BCUT2D eigenvalue weighted by Crippen LogP contribution is -2.61. The highest BCUT2D eigenvalue weighted by molar-refractivity contribution is 5.72. The molecule has 0 bridgehead atoms. The van der Waals surface area contributed by atoms with Crippen LogP contribution in [0, 0.1) is 0 Å². The van der Waals surface area contributed by atoms with Crippen LogP contribution in [0.1, 0.15) is 19.0 Å². The molecule has 3 heterocycles. The van der Waals surface area contributed by atoms with Crippen LogP contribution in [0.5, 0.6) is 0 Å².